The Bertz CT molecular complexity index is 884. The van der Waals surface area contributed by atoms with E-state index in [9.17, 15) is 4.79 Å². The van der Waals surface area contributed by atoms with Crippen LogP contribution in [-0.4, -0.2) is 11.1 Å². The van der Waals surface area contributed by atoms with Crippen molar-refractivity contribution < 1.29 is 14.3 Å². The first-order valence-corrected chi connectivity index (χ1v) is 8.29. The summed E-state index contributed by atoms with van der Waals surface area (Å²) < 4.78 is 5.80. The summed E-state index contributed by atoms with van der Waals surface area (Å²) >= 11 is 6.17. The van der Waals surface area contributed by atoms with E-state index in [1.165, 1.54) is 23.3 Å². The second-order valence-electron chi connectivity index (χ2n) is 5.85. The summed E-state index contributed by atoms with van der Waals surface area (Å²) in [4.78, 5) is 11.1. The standard InChI is InChI=1S/C20H18ClNO3/c1-13-2-4-14(5-3-13)11-22-12-16-7-9-19(25-16)17-10-15(20(23)24)6-8-18(17)21/h2-10,22H,11-12H2,1H3,(H,23,24). The number of nitrogens with one attached hydrogen (secondary N) is 1. The Balaban J connectivity index is 1.67. The Morgan fingerprint density at radius 3 is 2.56 bits per heavy atom. The molecule has 3 aromatic rings. The van der Waals surface area contributed by atoms with Gasteiger partial charge in [-0.05, 0) is 42.8 Å². The van der Waals surface area contributed by atoms with Gasteiger partial charge in [-0.3, -0.25) is 0 Å². The highest BCUT2D eigenvalue weighted by molar-refractivity contribution is 6.33. The van der Waals surface area contributed by atoms with Gasteiger partial charge in [0, 0.05) is 12.1 Å². The molecule has 0 spiro atoms. The molecule has 1 aromatic heterocycles. The maximum absolute atomic E-state index is 11.1. The van der Waals surface area contributed by atoms with Crippen molar-refractivity contribution in [2.75, 3.05) is 0 Å². The molecule has 25 heavy (non-hydrogen) atoms. The average Bonchev–Trinajstić information content (AvgIpc) is 3.05. The van der Waals surface area contributed by atoms with Crippen molar-refractivity contribution in [2.45, 2.75) is 20.0 Å². The van der Waals surface area contributed by atoms with Crippen molar-refractivity contribution in [3.63, 3.8) is 0 Å². The number of rotatable bonds is 6. The van der Waals surface area contributed by atoms with Crippen LogP contribution in [0.3, 0.4) is 0 Å². The monoisotopic (exact) mass is 355 g/mol. The molecule has 0 saturated carbocycles. The lowest BCUT2D eigenvalue weighted by atomic mass is 10.1. The third-order valence-electron chi connectivity index (χ3n) is 3.89. The first-order chi connectivity index (χ1) is 12.0. The number of halogens is 1. The van der Waals surface area contributed by atoms with E-state index in [1.54, 1.807) is 12.1 Å². The molecule has 2 aromatic carbocycles. The molecule has 0 saturated heterocycles. The van der Waals surface area contributed by atoms with Gasteiger partial charge in [0.05, 0.1) is 17.1 Å². The van der Waals surface area contributed by atoms with Crippen molar-refractivity contribution in [2.24, 2.45) is 0 Å². The fourth-order valence-corrected chi connectivity index (χ4v) is 2.71. The summed E-state index contributed by atoms with van der Waals surface area (Å²) in [5, 5.41) is 12.9. The Kier molecular flexibility index (Phi) is 5.22. The molecular formula is C20H18ClNO3. The number of aromatic carboxylic acids is 1. The molecular weight excluding hydrogens is 338 g/mol. The minimum Gasteiger partial charge on any atom is -0.478 e. The van der Waals surface area contributed by atoms with Gasteiger partial charge in [-0.1, -0.05) is 41.4 Å². The van der Waals surface area contributed by atoms with Crippen molar-refractivity contribution in [3.8, 4) is 11.3 Å². The maximum Gasteiger partial charge on any atom is 0.335 e. The molecule has 4 nitrogen and oxygen atoms in total. The van der Waals surface area contributed by atoms with Gasteiger partial charge < -0.3 is 14.8 Å². The van der Waals surface area contributed by atoms with E-state index in [2.05, 4.69) is 36.5 Å². The predicted molar refractivity (Wildman–Crippen MR) is 97.8 cm³/mol. The number of aryl methyl sites for hydroxylation is 1. The first-order valence-electron chi connectivity index (χ1n) is 7.91. The van der Waals surface area contributed by atoms with E-state index in [0.29, 0.717) is 22.9 Å². The summed E-state index contributed by atoms with van der Waals surface area (Å²) in [5.41, 5.74) is 3.19. The summed E-state index contributed by atoms with van der Waals surface area (Å²) in [6.07, 6.45) is 0. The third-order valence-corrected chi connectivity index (χ3v) is 4.22. The van der Waals surface area contributed by atoms with E-state index in [0.717, 1.165) is 12.3 Å². The number of hydrogen-bond donors (Lipinski definition) is 2. The highest BCUT2D eigenvalue weighted by Crippen LogP contribution is 2.30. The normalized spacial score (nSPS) is 10.8. The average molecular weight is 356 g/mol. The van der Waals surface area contributed by atoms with Crippen LogP contribution in [0.5, 0.6) is 0 Å². The van der Waals surface area contributed by atoms with E-state index < -0.39 is 5.97 Å². The van der Waals surface area contributed by atoms with Gasteiger partial charge in [-0.15, -0.1) is 0 Å². The van der Waals surface area contributed by atoms with Crippen LogP contribution in [0.15, 0.2) is 59.0 Å². The van der Waals surface area contributed by atoms with Gasteiger partial charge in [0.2, 0.25) is 0 Å². The van der Waals surface area contributed by atoms with Crippen LogP contribution in [0.2, 0.25) is 5.02 Å². The van der Waals surface area contributed by atoms with Crippen LogP contribution >= 0.6 is 11.6 Å². The molecule has 0 radical (unpaired) electrons. The number of benzene rings is 2. The predicted octanol–water partition coefficient (Wildman–Crippen LogP) is 4.90. The maximum atomic E-state index is 11.1. The zero-order valence-corrected chi connectivity index (χ0v) is 14.5. The molecule has 0 amide bonds. The van der Waals surface area contributed by atoms with Crippen molar-refractivity contribution in [1.82, 2.24) is 5.32 Å². The molecule has 0 unspecified atom stereocenters. The van der Waals surface area contributed by atoms with Gasteiger partial charge in [-0.25, -0.2) is 4.79 Å². The second-order valence-corrected chi connectivity index (χ2v) is 6.26. The summed E-state index contributed by atoms with van der Waals surface area (Å²) in [7, 11) is 0. The minimum atomic E-state index is -0.996. The first kappa shape index (κ1) is 17.3. The third kappa shape index (κ3) is 4.29. The number of furan rings is 1. The quantitative estimate of drug-likeness (QED) is 0.660. The SMILES string of the molecule is Cc1ccc(CNCc2ccc(-c3cc(C(=O)O)ccc3Cl)o2)cc1. The summed E-state index contributed by atoms with van der Waals surface area (Å²) in [6.45, 7) is 3.38. The highest BCUT2D eigenvalue weighted by Gasteiger charge is 2.12. The molecule has 3 rings (SSSR count). The molecule has 0 aliphatic rings. The summed E-state index contributed by atoms with van der Waals surface area (Å²) in [6, 6.07) is 16.6. The molecule has 0 aliphatic heterocycles. The van der Waals surface area contributed by atoms with Crippen molar-refractivity contribution >= 4 is 17.6 Å². The number of hydrogen-bond acceptors (Lipinski definition) is 3. The Morgan fingerprint density at radius 2 is 1.84 bits per heavy atom. The molecule has 0 aliphatic carbocycles. The van der Waals surface area contributed by atoms with Crippen LogP contribution < -0.4 is 5.32 Å². The van der Waals surface area contributed by atoms with Gasteiger partial charge in [0.15, 0.2) is 0 Å². The molecule has 5 heteroatoms. The lowest BCUT2D eigenvalue weighted by Crippen LogP contribution is -2.11. The zero-order chi connectivity index (χ0) is 17.8. The molecule has 1 heterocycles. The second kappa shape index (κ2) is 7.55. The van der Waals surface area contributed by atoms with Crippen LogP contribution in [0.1, 0.15) is 27.2 Å². The van der Waals surface area contributed by atoms with Gasteiger partial charge in [0.1, 0.15) is 11.5 Å². The van der Waals surface area contributed by atoms with E-state index in [4.69, 9.17) is 21.1 Å². The van der Waals surface area contributed by atoms with E-state index >= 15 is 0 Å². The lowest BCUT2D eigenvalue weighted by molar-refractivity contribution is 0.0697. The molecule has 0 bridgehead atoms. The minimum absolute atomic E-state index is 0.176. The van der Waals surface area contributed by atoms with Crippen molar-refractivity contribution in [1.29, 1.82) is 0 Å². The Labute approximate surface area is 151 Å². The zero-order valence-electron chi connectivity index (χ0n) is 13.8. The van der Waals surface area contributed by atoms with E-state index in [-0.39, 0.29) is 5.56 Å². The van der Waals surface area contributed by atoms with Crippen LogP contribution in [0.4, 0.5) is 0 Å². The Morgan fingerprint density at radius 1 is 1.08 bits per heavy atom. The molecule has 2 N–H and O–H groups in total. The van der Waals surface area contributed by atoms with Crippen LogP contribution in [0, 0.1) is 6.92 Å². The lowest BCUT2D eigenvalue weighted by Gasteiger charge is -2.05. The number of carboxylic acids is 1. The van der Waals surface area contributed by atoms with Crippen LogP contribution in [-0.2, 0) is 13.1 Å². The highest BCUT2D eigenvalue weighted by atomic mass is 35.5. The summed E-state index contributed by atoms with van der Waals surface area (Å²) in [5.74, 6) is 0.323. The largest absolute Gasteiger partial charge is 0.478 e. The topological polar surface area (TPSA) is 62.5 Å². The van der Waals surface area contributed by atoms with E-state index in [1.807, 2.05) is 6.07 Å². The number of carbonyl (C=O) groups is 1. The van der Waals surface area contributed by atoms with Gasteiger partial charge in [-0.2, -0.15) is 0 Å². The van der Waals surface area contributed by atoms with Gasteiger partial charge in [0.25, 0.3) is 0 Å². The fourth-order valence-electron chi connectivity index (χ4n) is 2.50. The fraction of sp³-hybridized carbons (Fsp3) is 0.150. The Hall–Kier alpha value is -2.56. The molecule has 128 valence electrons. The van der Waals surface area contributed by atoms with Gasteiger partial charge >= 0.3 is 5.97 Å². The van der Waals surface area contributed by atoms with Crippen molar-refractivity contribution in [3.05, 3.63) is 82.1 Å². The molecule has 0 fully saturated rings. The van der Waals surface area contributed by atoms with Crippen LogP contribution in [0.25, 0.3) is 11.3 Å². The smallest absolute Gasteiger partial charge is 0.335 e. The number of carboxylic acid groups (broad SMARTS) is 1. The molecule has 0 atom stereocenters.